The van der Waals surface area contributed by atoms with E-state index in [1.54, 1.807) is 0 Å². The minimum atomic E-state index is 0.623. The number of nitrogens with zero attached hydrogens (tertiary/aromatic N) is 2. The second-order valence-corrected chi connectivity index (χ2v) is 5.85. The molecule has 3 heteroatoms. The van der Waals surface area contributed by atoms with Crippen LogP contribution in [0.1, 0.15) is 53.4 Å². The first-order valence-electron chi connectivity index (χ1n) is 8.24. The lowest BCUT2D eigenvalue weighted by atomic mass is 10.2. The Bertz CT molecular complexity index is 183. The SMILES string of the molecule is CCN(C)CCCCN(CC)CCCCNC(C)C. The number of nitrogens with one attached hydrogen (secondary N) is 1. The van der Waals surface area contributed by atoms with E-state index in [0.29, 0.717) is 6.04 Å². The van der Waals surface area contributed by atoms with Gasteiger partial charge in [0.1, 0.15) is 0 Å². The molecule has 1 N–H and O–H groups in total. The van der Waals surface area contributed by atoms with Crippen LogP contribution in [-0.2, 0) is 0 Å². The summed E-state index contributed by atoms with van der Waals surface area (Å²) in [7, 11) is 2.21. The Morgan fingerprint density at radius 3 is 1.95 bits per heavy atom. The quantitative estimate of drug-likeness (QED) is 0.520. The van der Waals surface area contributed by atoms with Crippen molar-refractivity contribution in [1.82, 2.24) is 15.1 Å². The molecule has 0 rings (SSSR count). The highest BCUT2D eigenvalue weighted by Crippen LogP contribution is 2.00. The van der Waals surface area contributed by atoms with Crippen molar-refractivity contribution in [2.75, 3.05) is 46.3 Å². The molecule has 0 saturated carbocycles. The highest BCUT2D eigenvalue weighted by molar-refractivity contribution is 4.59. The molecule has 0 aromatic rings. The summed E-state index contributed by atoms with van der Waals surface area (Å²) < 4.78 is 0. The van der Waals surface area contributed by atoms with Gasteiger partial charge in [-0.1, -0.05) is 27.7 Å². The van der Waals surface area contributed by atoms with Gasteiger partial charge in [-0.15, -0.1) is 0 Å². The zero-order chi connectivity index (χ0) is 14.5. The van der Waals surface area contributed by atoms with Crippen LogP contribution >= 0.6 is 0 Å². The predicted octanol–water partition coefficient (Wildman–Crippen LogP) is 2.82. The first-order chi connectivity index (χ1) is 9.10. The van der Waals surface area contributed by atoms with Crippen LogP contribution in [0.25, 0.3) is 0 Å². The fraction of sp³-hybridized carbons (Fsp3) is 1.00. The van der Waals surface area contributed by atoms with E-state index in [1.165, 1.54) is 58.4 Å². The summed E-state index contributed by atoms with van der Waals surface area (Å²) in [5.74, 6) is 0. The van der Waals surface area contributed by atoms with Crippen LogP contribution in [0.2, 0.25) is 0 Å². The van der Waals surface area contributed by atoms with E-state index in [0.717, 1.165) is 6.54 Å². The Balaban J connectivity index is 3.44. The molecule has 0 bridgehead atoms. The average Bonchev–Trinajstić information content (AvgIpc) is 2.39. The van der Waals surface area contributed by atoms with Crippen molar-refractivity contribution in [3.8, 4) is 0 Å². The maximum Gasteiger partial charge on any atom is 0.00103 e. The fourth-order valence-electron chi connectivity index (χ4n) is 2.15. The Morgan fingerprint density at radius 2 is 1.42 bits per heavy atom. The highest BCUT2D eigenvalue weighted by atomic mass is 15.1. The van der Waals surface area contributed by atoms with Gasteiger partial charge in [-0.2, -0.15) is 0 Å². The second kappa shape index (κ2) is 12.9. The van der Waals surface area contributed by atoms with Crippen LogP contribution in [0.15, 0.2) is 0 Å². The van der Waals surface area contributed by atoms with Crippen molar-refractivity contribution >= 4 is 0 Å². The molecule has 0 aliphatic heterocycles. The molecule has 0 aliphatic rings. The molecule has 19 heavy (non-hydrogen) atoms. The van der Waals surface area contributed by atoms with Gasteiger partial charge < -0.3 is 15.1 Å². The first-order valence-corrected chi connectivity index (χ1v) is 8.24. The Kier molecular flexibility index (Phi) is 12.8. The highest BCUT2D eigenvalue weighted by Gasteiger charge is 2.02. The van der Waals surface area contributed by atoms with E-state index in [1.807, 2.05) is 0 Å². The molecule has 0 radical (unpaired) electrons. The molecular weight excluding hydrogens is 234 g/mol. The number of rotatable bonds is 13. The summed E-state index contributed by atoms with van der Waals surface area (Å²) >= 11 is 0. The molecule has 0 amide bonds. The lowest BCUT2D eigenvalue weighted by Crippen LogP contribution is -2.28. The van der Waals surface area contributed by atoms with Crippen molar-refractivity contribution in [2.24, 2.45) is 0 Å². The van der Waals surface area contributed by atoms with E-state index < -0.39 is 0 Å². The Labute approximate surface area is 121 Å². The van der Waals surface area contributed by atoms with E-state index in [4.69, 9.17) is 0 Å². The van der Waals surface area contributed by atoms with Crippen LogP contribution in [0.5, 0.6) is 0 Å². The molecule has 0 saturated heterocycles. The van der Waals surface area contributed by atoms with E-state index in [-0.39, 0.29) is 0 Å². The van der Waals surface area contributed by atoms with E-state index >= 15 is 0 Å². The second-order valence-electron chi connectivity index (χ2n) is 5.85. The molecule has 0 aliphatic carbocycles. The van der Waals surface area contributed by atoms with Crippen molar-refractivity contribution in [3.05, 3.63) is 0 Å². The van der Waals surface area contributed by atoms with Crippen molar-refractivity contribution in [2.45, 2.75) is 59.4 Å². The number of unbranched alkanes of at least 4 members (excludes halogenated alkanes) is 2. The molecule has 0 spiro atoms. The van der Waals surface area contributed by atoms with Crippen LogP contribution in [0, 0.1) is 0 Å². The zero-order valence-electron chi connectivity index (χ0n) is 14.0. The maximum absolute atomic E-state index is 3.48. The van der Waals surface area contributed by atoms with E-state index in [9.17, 15) is 0 Å². The summed E-state index contributed by atoms with van der Waals surface area (Å²) in [6.45, 7) is 16.2. The van der Waals surface area contributed by atoms with Crippen molar-refractivity contribution < 1.29 is 0 Å². The third kappa shape index (κ3) is 12.6. The molecule has 0 unspecified atom stereocenters. The van der Waals surface area contributed by atoms with Gasteiger partial charge >= 0.3 is 0 Å². The molecule has 0 fully saturated rings. The van der Waals surface area contributed by atoms with Crippen LogP contribution in [-0.4, -0.2) is 62.2 Å². The standard InChI is InChI=1S/C16H37N3/c1-6-18(5)13-10-11-15-19(7-2)14-9-8-12-17-16(3)4/h16-17H,6-15H2,1-5H3. The minimum Gasteiger partial charge on any atom is -0.315 e. The van der Waals surface area contributed by atoms with Gasteiger partial charge in [0, 0.05) is 6.04 Å². The van der Waals surface area contributed by atoms with Crippen LogP contribution in [0.3, 0.4) is 0 Å². The molecule has 0 atom stereocenters. The monoisotopic (exact) mass is 271 g/mol. The van der Waals surface area contributed by atoms with Crippen LogP contribution in [0.4, 0.5) is 0 Å². The lowest BCUT2D eigenvalue weighted by molar-refractivity contribution is 0.264. The largest absolute Gasteiger partial charge is 0.315 e. The number of hydrogen-bond donors (Lipinski definition) is 1. The summed E-state index contributed by atoms with van der Waals surface area (Å²) in [4.78, 5) is 5.00. The van der Waals surface area contributed by atoms with Gasteiger partial charge in [-0.3, -0.25) is 0 Å². The minimum absolute atomic E-state index is 0.623. The molecule has 0 aromatic carbocycles. The topological polar surface area (TPSA) is 18.5 Å². The van der Waals surface area contributed by atoms with Gasteiger partial charge in [0.2, 0.25) is 0 Å². The van der Waals surface area contributed by atoms with E-state index in [2.05, 4.69) is 49.9 Å². The normalized spacial score (nSPS) is 12.0. The molecular formula is C16H37N3. The fourth-order valence-corrected chi connectivity index (χ4v) is 2.15. The first kappa shape index (κ1) is 18.9. The predicted molar refractivity (Wildman–Crippen MR) is 86.9 cm³/mol. The summed E-state index contributed by atoms with van der Waals surface area (Å²) in [5.41, 5.74) is 0. The molecule has 0 heterocycles. The average molecular weight is 271 g/mol. The van der Waals surface area contributed by atoms with Gasteiger partial charge in [0.15, 0.2) is 0 Å². The summed E-state index contributed by atoms with van der Waals surface area (Å²) in [5, 5.41) is 3.48. The van der Waals surface area contributed by atoms with Crippen molar-refractivity contribution in [3.63, 3.8) is 0 Å². The summed E-state index contributed by atoms with van der Waals surface area (Å²) in [6, 6.07) is 0.623. The van der Waals surface area contributed by atoms with Crippen molar-refractivity contribution in [1.29, 1.82) is 0 Å². The molecule has 3 nitrogen and oxygen atoms in total. The smallest absolute Gasteiger partial charge is 0.00103 e. The third-order valence-corrected chi connectivity index (χ3v) is 3.70. The third-order valence-electron chi connectivity index (χ3n) is 3.70. The zero-order valence-corrected chi connectivity index (χ0v) is 14.0. The summed E-state index contributed by atoms with van der Waals surface area (Å²) in [6.07, 6.45) is 5.29. The Hall–Kier alpha value is -0.120. The number of hydrogen-bond acceptors (Lipinski definition) is 3. The van der Waals surface area contributed by atoms with Gasteiger partial charge in [-0.05, 0) is 72.0 Å². The lowest BCUT2D eigenvalue weighted by Gasteiger charge is -2.21. The maximum atomic E-state index is 3.48. The van der Waals surface area contributed by atoms with Gasteiger partial charge in [0.25, 0.3) is 0 Å². The molecule has 116 valence electrons. The molecule has 0 aromatic heterocycles. The van der Waals surface area contributed by atoms with Gasteiger partial charge in [0.05, 0.1) is 0 Å². The van der Waals surface area contributed by atoms with Crippen LogP contribution < -0.4 is 5.32 Å². The van der Waals surface area contributed by atoms with Gasteiger partial charge in [-0.25, -0.2) is 0 Å². The Morgan fingerprint density at radius 1 is 0.842 bits per heavy atom.